The molecule has 0 unspecified atom stereocenters. The first-order valence-corrected chi connectivity index (χ1v) is 7.04. The van der Waals surface area contributed by atoms with Crippen LogP contribution in [-0.4, -0.2) is 18.1 Å². The zero-order chi connectivity index (χ0) is 15.5. The van der Waals surface area contributed by atoms with Crippen LogP contribution in [0.5, 0.6) is 0 Å². The number of nitrogens with zero attached hydrogens (tertiary/aromatic N) is 1. The Bertz CT molecular complexity index is 838. The van der Waals surface area contributed by atoms with Gasteiger partial charge in [-0.3, -0.25) is 4.98 Å². The lowest BCUT2D eigenvalue weighted by Gasteiger charge is -2.02. The van der Waals surface area contributed by atoms with Gasteiger partial charge in [0.25, 0.3) is 0 Å². The minimum atomic E-state index is -0.354. The summed E-state index contributed by atoms with van der Waals surface area (Å²) in [6.45, 7) is 1.97. The molecular weight excluding hydrogens is 274 g/mol. The zero-order valence-corrected chi connectivity index (χ0v) is 12.5. The van der Waals surface area contributed by atoms with Crippen molar-refractivity contribution in [3.05, 3.63) is 70.0 Å². The average molecular weight is 289 g/mol. The summed E-state index contributed by atoms with van der Waals surface area (Å²) in [5.74, 6) is 5.88. The lowest BCUT2D eigenvalue weighted by Crippen LogP contribution is -2.01. The second-order valence-corrected chi connectivity index (χ2v) is 5.14. The van der Waals surface area contributed by atoms with E-state index in [1.807, 2.05) is 19.1 Å². The van der Waals surface area contributed by atoms with E-state index in [0.29, 0.717) is 5.56 Å². The molecule has 3 heteroatoms. The van der Waals surface area contributed by atoms with Gasteiger partial charge in [-0.1, -0.05) is 30.1 Å². The highest BCUT2D eigenvalue weighted by Gasteiger charge is 2.07. The fourth-order valence-electron chi connectivity index (χ4n) is 2.33. The van der Waals surface area contributed by atoms with Crippen LogP contribution in [0.1, 0.15) is 38.3 Å². The summed E-state index contributed by atoms with van der Waals surface area (Å²) in [6.07, 6.45) is 6.84. The molecule has 3 rings (SSSR count). The van der Waals surface area contributed by atoms with Crippen LogP contribution >= 0.6 is 0 Å². The van der Waals surface area contributed by atoms with Gasteiger partial charge < -0.3 is 4.74 Å². The van der Waals surface area contributed by atoms with Gasteiger partial charge in [0.05, 0.1) is 18.4 Å². The number of carbonyl (C=O) groups excluding carboxylic acids is 1. The summed E-state index contributed by atoms with van der Waals surface area (Å²) < 4.78 is 4.74. The number of fused-ring (bicyclic) bond motifs is 1. The number of aromatic nitrogens is 1. The van der Waals surface area contributed by atoms with E-state index in [1.54, 1.807) is 18.3 Å². The maximum atomic E-state index is 11.6. The molecule has 0 atom stereocenters. The molecule has 0 aliphatic heterocycles. The second kappa shape index (κ2) is 5.87. The standard InChI is InChI=1S/C19H15NO2/c1-13-6-8-17(19(21)22-2)11-15(13)9-7-14-10-16-4-3-5-18(16)20-12-14/h3-4,6,8,10-12H,5H2,1-2H3. The monoisotopic (exact) mass is 289 g/mol. The molecule has 1 aromatic carbocycles. The number of hydrogen-bond acceptors (Lipinski definition) is 3. The SMILES string of the molecule is COC(=O)c1ccc(C)c(C#Cc2cnc3c(c2)C=CC3)c1. The molecule has 1 aliphatic rings. The number of esters is 1. The number of ether oxygens (including phenoxy) is 1. The molecule has 22 heavy (non-hydrogen) atoms. The Hall–Kier alpha value is -2.86. The molecule has 0 amide bonds. The Labute approximate surface area is 129 Å². The third-order valence-corrected chi connectivity index (χ3v) is 3.61. The van der Waals surface area contributed by atoms with Crippen LogP contribution in [0.15, 0.2) is 36.5 Å². The Morgan fingerprint density at radius 2 is 2.14 bits per heavy atom. The van der Waals surface area contributed by atoms with Crippen molar-refractivity contribution in [2.45, 2.75) is 13.3 Å². The van der Waals surface area contributed by atoms with Gasteiger partial charge in [0.1, 0.15) is 0 Å². The van der Waals surface area contributed by atoms with Crippen molar-refractivity contribution in [3.8, 4) is 11.8 Å². The first-order chi connectivity index (χ1) is 10.7. The zero-order valence-electron chi connectivity index (χ0n) is 12.5. The van der Waals surface area contributed by atoms with Crippen LogP contribution in [0, 0.1) is 18.8 Å². The van der Waals surface area contributed by atoms with Gasteiger partial charge >= 0.3 is 5.97 Å². The summed E-state index contributed by atoms with van der Waals surface area (Å²) in [6, 6.07) is 7.42. The number of benzene rings is 1. The smallest absolute Gasteiger partial charge is 0.337 e. The molecular formula is C19H15NO2. The Morgan fingerprint density at radius 1 is 1.27 bits per heavy atom. The summed E-state index contributed by atoms with van der Waals surface area (Å²) >= 11 is 0. The molecule has 0 saturated heterocycles. The highest BCUT2D eigenvalue weighted by atomic mass is 16.5. The molecule has 108 valence electrons. The number of carbonyl (C=O) groups is 1. The molecule has 1 aromatic heterocycles. The molecule has 1 heterocycles. The van der Waals surface area contributed by atoms with Crippen molar-refractivity contribution in [2.24, 2.45) is 0 Å². The van der Waals surface area contributed by atoms with E-state index < -0.39 is 0 Å². The van der Waals surface area contributed by atoms with Crippen molar-refractivity contribution < 1.29 is 9.53 Å². The normalized spacial score (nSPS) is 11.5. The molecule has 2 aromatic rings. The van der Waals surface area contributed by atoms with E-state index in [0.717, 1.165) is 34.4 Å². The minimum Gasteiger partial charge on any atom is -0.465 e. The summed E-state index contributed by atoms with van der Waals surface area (Å²) in [4.78, 5) is 16.0. The van der Waals surface area contributed by atoms with Crippen LogP contribution in [-0.2, 0) is 11.2 Å². The molecule has 0 radical (unpaired) electrons. The highest BCUT2D eigenvalue weighted by Crippen LogP contribution is 2.18. The van der Waals surface area contributed by atoms with E-state index in [4.69, 9.17) is 4.74 Å². The van der Waals surface area contributed by atoms with Gasteiger partial charge in [0, 0.05) is 23.7 Å². The summed E-state index contributed by atoms with van der Waals surface area (Å²) in [5.41, 5.74) is 5.44. The highest BCUT2D eigenvalue weighted by molar-refractivity contribution is 5.89. The average Bonchev–Trinajstić information content (AvgIpc) is 3.01. The molecule has 0 spiro atoms. The van der Waals surface area contributed by atoms with Crippen LogP contribution < -0.4 is 0 Å². The number of hydrogen-bond donors (Lipinski definition) is 0. The van der Waals surface area contributed by atoms with Gasteiger partial charge in [0.2, 0.25) is 0 Å². The third kappa shape index (κ3) is 2.77. The second-order valence-electron chi connectivity index (χ2n) is 5.14. The van der Waals surface area contributed by atoms with E-state index in [1.165, 1.54) is 7.11 Å². The van der Waals surface area contributed by atoms with Crippen LogP contribution in [0.25, 0.3) is 6.08 Å². The van der Waals surface area contributed by atoms with E-state index in [9.17, 15) is 4.79 Å². The maximum absolute atomic E-state index is 11.6. The van der Waals surface area contributed by atoms with E-state index >= 15 is 0 Å². The molecule has 0 bridgehead atoms. The predicted octanol–water partition coefficient (Wildman–Crippen LogP) is 3.15. The molecule has 0 saturated carbocycles. The number of methoxy groups -OCH3 is 1. The maximum Gasteiger partial charge on any atom is 0.337 e. The third-order valence-electron chi connectivity index (χ3n) is 3.61. The Balaban J connectivity index is 1.93. The van der Waals surface area contributed by atoms with Gasteiger partial charge in [-0.05, 0) is 36.2 Å². The lowest BCUT2D eigenvalue weighted by atomic mass is 10.0. The lowest BCUT2D eigenvalue weighted by molar-refractivity contribution is 0.0600. The summed E-state index contributed by atoms with van der Waals surface area (Å²) in [5, 5.41) is 0. The van der Waals surface area contributed by atoms with Crippen molar-refractivity contribution in [3.63, 3.8) is 0 Å². The van der Waals surface area contributed by atoms with Crippen molar-refractivity contribution >= 4 is 12.0 Å². The fraction of sp³-hybridized carbons (Fsp3) is 0.158. The van der Waals surface area contributed by atoms with Gasteiger partial charge in [-0.2, -0.15) is 0 Å². The molecule has 3 nitrogen and oxygen atoms in total. The quantitative estimate of drug-likeness (QED) is 0.598. The first-order valence-electron chi connectivity index (χ1n) is 7.04. The number of rotatable bonds is 1. The van der Waals surface area contributed by atoms with E-state index in [-0.39, 0.29) is 5.97 Å². The fourth-order valence-corrected chi connectivity index (χ4v) is 2.33. The summed E-state index contributed by atoms with van der Waals surface area (Å²) in [7, 11) is 1.37. The van der Waals surface area contributed by atoms with Gasteiger partial charge in [0.15, 0.2) is 0 Å². The van der Waals surface area contributed by atoms with Crippen molar-refractivity contribution in [2.75, 3.05) is 7.11 Å². The van der Waals surface area contributed by atoms with Crippen LogP contribution in [0.4, 0.5) is 0 Å². The van der Waals surface area contributed by atoms with Gasteiger partial charge in [-0.25, -0.2) is 4.79 Å². The Morgan fingerprint density at radius 3 is 2.95 bits per heavy atom. The van der Waals surface area contributed by atoms with Crippen LogP contribution in [0.3, 0.4) is 0 Å². The minimum absolute atomic E-state index is 0.354. The molecule has 0 fully saturated rings. The largest absolute Gasteiger partial charge is 0.465 e. The predicted molar refractivity (Wildman–Crippen MR) is 85.5 cm³/mol. The topological polar surface area (TPSA) is 39.2 Å². The molecule has 0 N–H and O–H groups in total. The van der Waals surface area contributed by atoms with E-state index in [2.05, 4.69) is 29.0 Å². The number of allylic oxidation sites excluding steroid dienone is 1. The van der Waals surface area contributed by atoms with Crippen molar-refractivity contribution in [1.29, 1.82) is 0 Å². The molecule has 1 aliphatic carbocycles. The van der Waals surface area contributed by atoms with Crippen molar-refractivity contribution in [1.82, 2.24) is 4.98 Å². The number of pyridine rings is 1. The first kappa shape index (κ1) is 14.1. The van der Waals surface area contributed by atoms with Gasteiger partial charge in [-0.15, -0.1) is 0 Å². The Kier molecular flexibility index (Phi) is 3.76. The van der Waals surface area contributed by atoms with Crippen LogP contribution in [0.2, 0.25) is 0 Å². The number of aryl methyl sites for hydroxylation is 1.